The fourth-order valence-corrected chi connectivity index (χ4v) is 3.85. The second-order valence-corrected chi connectivity index (χ2v) is 8.24. The molecule has 2 aromatic rings. The van der Waals surface area contributed by atoms with E-state index in [0.717, 1.165) is 34.9 Å². The number of non-ortho nitro benzene ring substituents is 1. The molecule has 1 aromatic heterocycles. The van der Waals surface area contributed by atoms with Crippen molar-refractivity contribution in [2.75, 3.05) is 44.8 Å². The van der Waals surface area contributed by atoms with Crippen LogP contribution in [0.4, 0.5) is 11.5 Å². The first-order valence-corrected chi connectivity index (χ1v) is 11.0. The van der Waals surface area contributed by atoms with E-state index >= 15 is 0 Å². The van der Waals surface area contributed by atoms with Gasteiger partial charge in [0.1, 0.15) is 18.2 Å². The van der Waals surface area contributed by atoms with Crippen LogP contribution in [0.25, 0.3) is 0 Å². The molecule has 0 atom stereocenters. The quantitative estimate of drug-likeness (QED) is 0.458. The summed E-state index contributed by atoms with van der Waals surface area (Å²) >= 11 is 0. The molecule has 9 heteroatoms. The molecule has 32 heavy (non-hydrogen) atoms. The van der Waals surface area contributed by atoms with Gasteiger partial charge in [-0.2, -0.15) is 0 Å². The third-order valence-corrected chi connectivity index (χ3v) is 5.67. The topological polar surface area (TPSA) is 102 Å². The molecule has 0 spiro atoms. The number of benzene rings is 1. The molecule has 1 fully saturated rings. The largest absolute Gasteiger partial charge is 0.375 e. The molecule has 1 aromatic carbocycles. The Hall–Kier alpha value is -3.07. The van der Waals surface area contributed by atoms with Crippen molar-refractivity contribution in [1.82, 2.24) is 14.9 Å². The number of aryl methyl sites for hydroxylation is 1. The Balaban J connectivity index is 1.92. The lowest BCUT2D eigenvalue weighted by molar-refractivity contribution is -0.384. The third-order valence-electron chi connectivity index (χ3n) is 5.67. The Kier molecular flexibility index (Phi) is 7.74. The number of amides is 1. The molecule has 1 saturated heterocycles. The Morgan fingerprint density at radius 2 is 1.81 bits per heavy atom. The lowest BCUT2D eigenvalue weighted by atomic mass is 10.0. The molecule has 1 amide bonds. The highest BCUT2D eigenvalue weighted by atomic mass is 16.6. The zero-order valence-electron chi connectivity index (χ0n) is 19.2. The normalized spacial score (nSPS) is 14.2. The summed E-state index contributed by atoms with van der Waals surface area (Å²) in [5.41, 5.74) is 3.09. The Labute approximate surface area is 188 Å². The van der Waals surface area contributed by atoms with E-state index in [2.05, 4.69) is 25.7 Å². The Bertz CT molecular complexity index is 954. The number of anilines is 1. The van der Waals surface area contributed by atoms with Crippen molar-refractivity contribution >= 4 is 17.4 Å². The van der Waals surface area contributed by atoms with Crippen LogP contribution in [0.1, 0.15) is 49.3 Å². The first-order valence-electron chi connectivity index (χ1n) is 11.0. The van der Waals surface area contributed by atoms with E-state index in [1.165, 1.54) is 19.2 Å². The maximum atomic E-state index is 12.2. The van der Waals surface area contributed by atoms with E-state index < -0.39 is 4.92 Å². The van der Waals surface area contributed by atoms with Crippen LogP contribution in [-0.2, 0) is 22.4 Å². The van der Waals surface area contributed by atoms with Gasteiger partial charge in [0.25, 0.3) is 5.69 Å². The number of methoxy groups -OCH3 is 1. The number of nitro groups is 1. The number of rotatable bonds is 8. The van der Waals surface area contributed by atoms with Crippen LogP contribution in [0.2, 0.25) is 0 Å². The molecular formula is C23H31N5O4. The van der Waals surface area contributed by atoms with Gasteiger partial charge >= 0.3 is 0 Å². The molecule has 9 nitrogen and oxygen atoms in total. The number of carbonyl (C=O) groups is 1. The number of carbonyl (C=O) groups excluding carboxylic acids is 1. The van der Waals surface area contributed by atoms with E-state index in [9.17, 15) is 14.9 Å². The second-order valence-electron chi connectivity index (χ2n) is 8.24. The van der Waals surface area contributed by atoms with Crippen LogP contribution in [0.3, 0.4) is 0 Å². The smallest absolute Gasteiger partial charge is 0.269 e. The summed E-state index contributed by atoms with van der Waals surface area (Å²) in [6, 6.07) is 6.65. The number of nitrogens with zero attached hydrogens (tertiary/aromatic N) is 5. The van der Waals surface area contributed by atoms with Gasteiger partial charge in [-0.15, -0.1) is 0 Å². The van der Waals surface area contributed by atoms with Crippen molar-refractivity contribution in [2.24, 2.45) is 0 Å². The van der Waals surface area contributed by atoms with Gasteiger partial charge in [0.2, 0.25) is 5.91 Å². The summed E-state index contributed by atoms with van der Waals surface area (Å²) in [5.74, 6) is 1.90. The summed E-state index contributed by atoms with van der Waals surface area (Å²) in [4.78, 5) is 36.6. The van der Waals surface area contributed by atoms with Crippen LogP contribution in [0.15, 0.2) is 24.3 Å². The van der Waals surface area contributed by atoms with Crippen molar-refractivity contribution in [3.05, 3.63) is 57.0 Å². The van der Waals surface area contributed by atoms with Crippen LogP contribution in [0, 0.1) is 10.1 Å². The molecule has 0 unspecified atom stereocenters. The summed E-state index contributed by atoms with van der Waals surface area (Å²) in [6.07, 6.45) is 1.36. The highest BCUT2D eigenvalue weighted by Gasteiger charge is 2.26. The van der Waals surface area contributed by atoms with Crippen molar-refractivity contribution in [3.8, 4) is 0 Å². The van der Waals surface area contributed by atoms with Crippen LogP contribution >= 0.6 is 0 Å². The van der Waals surface area contributed by atoms with Gasteiger partial charge in [0, 0.05) is 69.0 Å². The second kappa shape index (κ2) is 10.5. The number of nitro benzene ring substituents is 1. The molecule has 0 bridgehead atoms. The maximum Gasteiger partial charge on any atom is 0.269 e. The predicted molar refractivity (Wildman–Crippen MR) is 122 cm³/mol. The highest BCUT2D eigenvalue weighted by molar-refractivity contribution is 5.77. The Morgan fingerprint density at radius 1 is 1.16 bits per heavy atom. The van der Waals surface area contributed by atoms with E-state index in [4.69, 9.17) is 14.7 Å². The van der Waals surface area contributed by atoms with E-state index in [0.29, 0.717) is 32.6 Å². The van der Waals surface area contributed by atoms with E-state index in [-0.39, 0.29) is 24.1 Å². The van der Waals surface area contributed by atoms with E-state index in [1.54, 1.807) is 12.1 Å². The van der Waals surface area contributed by atoms with Gasteiger partial charge in [-0.05, 0) is 12.0 Å². The molecule has 172 valence electrons. The summed E-state index contributed by atoms with van der Waals surface area (Å²) < 4.78 is 4.98. The zero-order valence-corrected chi connectivity index (χ0v) is 19.2. The lowest BCUT2D eigenvalue weighted by Crippen LogP contribution is -2.50. The fraction of sp³-hybridized carbons (Fsp3) is 0.522. The molecule has 0 N–H and O–H groups in total. The molecule has 1 aliphatic rings. The van der Waals surface area contributed by atoms with Gasteiger partial charge < -0.3 is 14.5 Å². The average Bonchev–Trinajstić information content (AvgIpc) is 2.79. The van der Waals surface area contributed by atoms with E-state index in [1.807, 2.05) is 4.90 Å². The number of ether oxygens (including phenoxy) is 1. The van der Waals surface area contributed by atoms with Crippen LogP contribution < -0.4 is 4.90 Å². The zero-order chi connectivity index (χ0) is 23.3. The minimum atomic E-state index is -0.391. The summed E-state index contributed by atoms with van der Waals surface area (Å²) in [7, 11) is 1.53. The Morgan fingerprint density at radius 3 is 2.34 bits per heavy atom. The number of hydrogen-bond donors (Lipinski definition) is 0. The van der Waals surface area contributed by atoms with Gasteiger partial charge in [0.05, 0.1) is 4.92 Å². The molecule has 0 aliphatic carbocycles. The molecule has 0 saturated carbocycles. The first kappa shape index (κ1) is 23.6. The SMILES string of the molecule is CCc1nc(C(C)C)nc(N2CCN(C(=O)COC)CC2)c1Cc1ccc([N+](=O)[O-])cc1. The van der Waals surface area contributed by atoms with Gasteiger partial charge in [-0.1, -0.05) is 32.9 Å². The molecule has 0 radical (unpaired) electrons. The number of aromatic nitrogens is 2. The lowest BCUT2D eigenvalue weighted by Gasteiger charge is -2.36. The van der Waals surface area contributed by atoms with Crippen molar-refractivity contribution < 1.29 is 14.5 Å². The number of piperazine rings is 1. The van der Waals surface area contributed by atoms with Crippen molar-refractivity contribution in [3.63, 3.8) is 0 Å². The highest BCUT2D eigenvalue weighted by Crippen LogP contribution is 2.28. The summed E-state index contributed by atoms with van der Waals surface area (Å²) in [5, 5.41) is 11.0. The fourth-order valence-electron chi connectivity index (χ4n) is 3.85. The minimum absolute atomic E-state index is 0.00180. The van der Waals surface area contributed by atoms with Gasteiger partial charge in [-0.3, -0.25) is 14.9 Å². The predicted octanol–water partition coefficient (Wildman–Crippen LogP) is 2.96. The first-order chi connectivity index (χ1) is 15.3. The van der Waals surface area contributed by atoms with Crippen molar-refractivity contribution in [2.45, 2.75) is 39.5 Å². The number of hydrogen-bond acceptors (Lipinski definition) is 7. The van der Waals surface area contributed by atoms with Crippen molar-refractivity contribution in [1.29, 1.82) is 0 Å². The van der Waals surface area contributed by atoms with Gasteiger partial charge in [0.15, 0.2) is 0 Å². The molecule has 1 aliphatic heterocycles. The standard InChI is InChI=1S/C23H31N5O4/c1-5-20-19(14-17-6-8-18(9-7-17)28(30)31)23(25-22(24-20)16(2)3)27-12-10-26(11-13-27)21(29)15-32-4/h6-9,16H,5,10-15H2,1-4H3. The summed E-state index contributed by atoms with van der Waals surface area (Å²) in [6.45, 7) is 8.92. The molecule has 3 rings (SSSR count). The third kappa shape index (κ3) is 5.40. The molecular weight excluding hydrogens is 410 g/mol. The molecule has 2 heterocycles. The minimum Gasteiger partial charge on any atom is -0.375 e. The maximum absolute atomic E-state index is 12.2. The average molecular weight is 442 g/mol. The van der Waals surface area contributed by atoms with Crippen LogP contribution in [-0.4, -0.2) is 65.6 Å². The van der Waals surface area contributed by atoms with Crippen LogP contribution in [0.5, 0.6) is 0 Å². The monoisotopic (exact) mass is 441 g/mol. The van der Waals surface area contributed by atoms with Gasteiger partial charge in [-0.25, -0.2) is 9.97 Å².